The van der Waals surface area contributed by atoms with Gasteiger partial charge in [0.05, 0.1) is 25.7 Å². The summed E-state index contributed by atoms with van der Waals surface area (Å²) < 4.78 is 31.5. The third kappa shape index (κ3) is 44.1. The van der Waals surface area contributed by atoms with Crippen LogP contribution in [0.2, 0.25) is 0 Å². The van der Waals surface area contributed by atoms with Crippen molar-refractivity contribution >= 4 is 23.9 Å². The molecule has 2 atom stereocenters. The molecule has 1 fully saturated rings. The van der Waals surface area contributed by atoms with Crippen molar-refractivity contribution in [3.8, 4) is 0 Å². The smallest absolute Gasteiger partial charge is 0.323 e. The number of likely N-dealkylation sites (tertiary alicyclic amines) is 1. The number of esters is 4. The lowest BCUT2D eigenvalue weighted by atomic mass is 9.97. The second-order valence-corrected chi connectivity index (χ2v) is 25.6. The Hall–Kier alpha value is -3.02. The van der Waals surface area contributed by atoms with E-state index >= 15 is 0 Å². The van der Waals surface area contributed by atoms with Gasteiger partial charge in [0, 0.05) is 51.7 Å². The number of unbranched alkanes of at least 4 members (excludes halogenated alkanes) is 34. The summed E-state index contributed by atoms with van der Waals surface area (Å²) in [5, 5.41) is 3.33. The van der Waals surface area contributed by atoms with Crippen LogP contribution < -0.4 is 5.32 Å². The molecular weight excluding hydrogens is 1060 g/mol. The van der Waals surface area contributed by atoms with E-state index in [4.69, 9.17) is 23.7 Å². The van der Waals surface area contributed by atoms with Gasteiger partial charge in [0.15, 0.2) is 0 Å². The summed E-state index contributed by atoms with van der Waals surface area (Å²) in [7, 11) is 0. The summed E-state index contributed by atoms with van der Waals surface area (Å²) in [4.78, 5) is 55.4. The molecule has 11 nitrogen and oxygen atoms in total. The van der Waals surface area contributed by atoms with Gasteiger partial charge in [-0.2, -0.15) is 0 Å². The molecule has 0 saturated carbocycles. The molecule has 1 aliphatic rings. The molecule has 1 saturated heterocycles. The molecule has 1 unspecified atom stereocenters. The van der Waals surface area contributed by atoms with Gasteiger partial charge in [0.2, 0.25) is 5.79 Å². The third-order valence-electron chi connectivity index (χ3n) is 17.5. The highest BCUT2D eigenvalue weighted by Crippen LogP contribution is 2.34. The van der Waals surface area contributed by atoms with Crippen LogP contribution in [0.1, 0.15) is 355 Å². The van der Waals surface area contributed by atoms with Crippen LogP contribution in [0.5, 0.6) is 0 Å². The fourth-order valence-electron chi connectivity index (χ4n) is 12.2. The largest absolute Gasteiger partial charge is 0.466 e. The van der Waals surface area contributed by atoms with Gasteiger partial charge in [-0.05, 0) is 69.9 Å². The first-order valence-electron chi connectivity index (χ1n) is 36.6. The lowest BCUT2D eigenvalue weighted by Crippen LogP contribution is -2.42. The highest BCUT2D eigenvalue weighted by atomic mass is 16.7. The van der Waals surface area contributed by atoms with E-state index in [1.807, 2.05) is 18.2 Å². The van der Waals surface area contributed by atoms with Gasteiger partial charge in [-0.15, -0.1) is 0 Å². The normalized spacial score (nSPS) is 14.6. The van der Waals surface area contributed by atoms with Crippen molar-refractivity contribution in [2.24, 2.45) is 0 Å². The van der Waals surface area contributed by atoms with Gasteiger partial charge >= 0.3 is 23.9 Å². The highest BCUT2D eigenvalue weighted by Gasteiger charge is 2.40. The minimum atomic E-state index is -0.857. The van der Waals surface area contributed by atoms with Crippen LogP contribution in [0.3, 0.4) is 0 Å². The van der Waals surface area contributed by atoms with Gasteiger partial charge in [0.25, 0.3) is 0 Å². The van der Waals surface area contributed by atoms with Crippen molar-refractivity contribution < 1.29 is 42.9 Å². The summed E-state index contributed by atoms with van der Waals surface area (Å²) in [6.45, 7) is 14.5. The van der Waals surface area contributed by atoms with Crippen molar-refractivity contribution in [2.75, 3.05) is 32.8 Å². The number of rotatable bonds is 62. The van der Waals surface area contributed by atoms with Crippen molar-refractivity contribution in [2.45, 2.75) is 380 Å². The molecule has 494 valence electrons. The Morgan fingerprint density at radius 3 is 1.44 bits per heavy atom. The molecule has 1 heterocycles. The van der Waals surface area contributed by atoms with Crippen LogP contribution in [0.25, 0.3) is 0 Å². The van der Waals surface area contributed by atoms with Crippen molar-refractivity contribution in [1.29, 1.82) is 0 Å². The Balaban J connectivity index is 1.97. The molecule has 1 N–H and O–H groups in total. The molecule has 1 aromatic carbocycles. The van der Waals surface area contributed by atoms with Crippen molar-refractivity contribution in [3.63, 3.8) is 0 Å². The maximum absolute atomic E-state index is 14.1. The summed E-state index contributed by atoms with van der Waals surface area (Å²) in [6.07, 6.45) is 52.1. The number of hydrogen-bond acceptors (Lipinski definition) is 11. The van der Waals surface area contributed by atoms with Crippen LogP contribution in [0, 0.1) is 0 Å². The molecule has 1 aliphatic heterocycles. The Labute approximate surface area is 523 Å². The number of benzene rings is 1. The molecular formula is C74H134N2O9. The summed E-state index contributed by atoms with van der Waals surface area (Å²) >= 11 is 0. The molecule has 1 aromatic rings. The van der Waals surface area contributed by atoms with Gasteiger partial charge in [0.1, 0.15) is 12.1 Å². The zero-order valence-corrected chi connectivity index (χ0v) is 56.1. The average molecular weight is 1200 g/mol. The van der Waals surface area contributed by atoms with E-state index in [2.05, 4.69) is 57.0 Å². The molecule has 85 heavy (non-hydrogen) atoms. The second kappa shape index (κ2) is 56.2. The number of ether oxygens (including phenoxy) is 5. The zero-order chi connectivity index (χ0) is 61.4. The minimum absolute atomic E-state index is 0.115. The fraction of sp³-hybridized carbons (Fsp3) is 0.865. The van der Waals surface area contributed by atoms with E-state index in [1.165, 1.54) is 173 Å². The second-order valence-electron chi connectivity index (χ2n) is 25.6. The molecule has 2 rings (SSSR count). The summed E-state index contributed by atoms with van der Waals surface area (Å²) in [5.74, 6) is -1.64. The Morgan fingerprint density at radius 2 is 0.918 bits per heavy atom. The number of nitrogens with one attached hydrogen (secondary N) is 1. The first-order chi connectivity index (χ1) is 41.7. The Kier molecular flexibility index (Phi) is 51.7. The SMILES string of the molecule is CCCCCCCCCCCOC(=O)CCCCCN1CC(OC(=O)CCNCc2ccccc2)C[C@H]1C(=O)OCCCCCCCC(=O)OC(CCCCCCCC)(CCCCCCCC)OC(CCCCCCCC)CCCCCCCC. The number of hydrogen-bond donors (Lipinski definition) is 1. The number of nitrogens with zero attached hydrogens (tertiary/aromatic N) is 1. The lowest BCUT2D eigenvalue weighted by molar-refractivity contribution is -0.259. The Bertz CT molecular complexity index is 1660. The Morgan fingerprint density at radius 1 is 0.482 bits per heavy atom. The quantitative estimate of drug-likeness (QED) is 0.0290. The predicted octanol–water partition coefficient (Wildman–Crippen LogP) is 20.3. The molecule has 11 heteroatoms. The van der Waals surface area contributed by atoms with Crippen LogP contribution >= 0.6 is 0 Å². The van der Waals surface area contributed by atoms with Crippen molar-refractivity contribution in [3.05, 3.63) is 35.9 Å². The van der Waals surface area contributed by atoms with E-state index in [0.717, 1.165) is 121 Å². The summed E-state index contributed by atoms with van der Waals surface area (Å²) in [6, 6.07) is 9.63. The third-order valence-corrected chi connectivity index (χ3v) is 17.5. The monoisotopic (exact) mass is 1200 g/mol. The van der Waals surface area contributed by atoms with E-state index in [1.54, 1.807) is 0 Å². The van der Waals surface area contributed by atoms with Crippen molar-refractivity contribution in [1.82, 2.24) is 10.2 Å². The average Bonchev–Trinajstić information content (AvgIpc) is 4.04. The number of carbonyl (C=O) groups is 4. The zero-order valence-electron chi connectivity index (χ0n) is 56.1. The highest BCUT2D eigenvalue weighted by molar-refractivity contribution is 5.76. The van der Waals surface area contributed by atoms with Gasteiger partial charge < -0.3 is 29.0 Å². The lowest BCUT2D eigenvalue weighted by Gasteiger charge is -2.37. The topological polar surface area (TPSA) is 130 Å². The van der Waals surface area contributed by atoms with E-state index in [-0.39, 0.29) is 42.5 Å². The van der Waals surface area contributed by atoms with E-state index < -0.39 is 11.8 Å². The van der Waals surface area contributed by atoms with E-state index in [0.29, 0.717) is 58.7 Å². The molecule has 0 bridgehead atoms. The predicted molar refractivity (Wildman–Crippen MR) is 354 cm³/mol. The van der Waals surface area contributed by atoms with Gasteiger partial charge in [-0.25, -0.2) is 0 Å². The van der Waals surface area contributed by atoms with Gasteiger partial charge in [-0.3, -0.25) is 24.1 Å². The standard InChI is InChI=1S/C74H134N2O9/c1-6-11-16-21-26-27-28-35-48-61-81-70(77)54-44-38-47-60-76-65-68(83-71(78)56-59-75-64-66-50-39-37-40-51-66)63-69(76)73(80)82-62-49-36-29-32-43-55-72(79)85-74(57-45-33-24-19-14-9-4,58-46-34-25-20-15-10-5)84-67(52-41-30-22-17-12-7-2)53-42-31-23-18-13-8-3/h37,39-40,50-51,67-69,75H,6-36,38,41-49,52-65H2,1-5H3/t68?,69-/m0/s1. The minimum Gasteiger partial charge on any atom is -0.466 e. The van der Waals surface area contributed by atoms with Crippen LogP contribution in [0.15, 0.2) is 30.3 Å². The number of carbonyl (C=O) groups excluding carboxylic acids is 4. The van der Waals surface area contributed by atoms with Crippen LogP contribution in [-0.2, 0) is 49.4 Å². The van der Waals surface area contributed by atoms with Gasteiger partial charge in [-0.1, -0.05) is 283 Å². The van der Waals surface area contributed by atoms with Crippen LogP contribution in [-0.4, -0.2) is 85.7 Å². The maximum atomic E-state index is 14.1. The molecule has 0 amide bonds. The first kappa shape index (κ1) is 78.1. The molecule has 0 aromatic heterocycles. The first-order valence-corrected chi connectivity index (χ1v) is 36.6. The summed E-state index contributed by atoms with van der Waals surface area (Å²) in [5.41, 5.74) is 1.16. The maximum Gasteiger partial charge on any atom is 0.323 e. The fourth-order valence-corrected chi connectivity index (χ4v) is 12.2. The van der Waals surface area contributed by atoms with Crippen LogP contribution in [0.4, 0.5) is 0 Å². The van der Waals surface area contributed by atoms with E-state index in [9.17, 15) is 19.2 Å². The molecule has 0 radical (unpaired) electrons. The molecule has 0 aliphatic carbocycles. The molecule has 0 spiro atoms.